The molecule has 174 valence electrons. The molecular formula is C28H28FN3O2. The fourth-order valence-electron chi connectivity index (χ4n) is 3.92. The third-order valence-electron chi connectivity index (χ3n) is 5.57. The van der Waals surface area contributed by atoms with Crippen molar-refractivity contribution < 1.29 is 14.0 Å². The van der Waals surface area contributed by atoms with Crippen molar-refractivity contribution >= 4 is 28.4 Å². The first-order chi connectivity index (χ1) is 16.3. The Labute approximate surface area is 198 Å². The van der Waals surface area contributed by atoms with Crippen LogP contribution in [0.1, 0.15) is 45.8 Å². The van der Waals surface area contributed by atoms with Crippen LogP contribution in [0.15, 0.2) is 72.8 Å². The van der Waals surface area contributed by atoms with E-state index in [0.717, 1.165) is 22.0 Å². The van der Waals surface area contributed by atoms with Gasteiger partial charge in [0, 0.05) is 35.2 Å². The van der Waals surface area contributed by atoms with Crippen LogP contribution >= 0.6 is 0 Å². The average Bonchev–Trinajstić information content (AvgIpc) is 3.15. The molecule has 0 fully saturated rings. The number of anilines is 1. The number of amides is 2. The molecule has 0 spiro atoms. The summed E-state index contributed by atoms with van der Waals surface area (Å²) in [7, 11) is 0. The predicted octanol–water partition coefficient (Wildman–Crippen LogP) is 5.78. The Hall–Kier alpha value is -3.93. The van der Waals surface area contributed by atoms with Crippen LogP contribution in [0.3, 0.4) is 0 Å². The summed E-state index contributed by atoms with van der Waals surface area (Å²) in [6, 6.07) is 21.1. The molecule has 2 N–H and O–H groups in total. The minimum Gasteiger partial charge on any atom is -0.351 e. The zero-order chi connectivity index (χ0) is 24.2. The van der Waals surface area contributed by atoms with E-state index in [4.69, 9.17) is 0 Å². The third-order valence-corrected chi connectivity index (χ3v) is 5.57. The highest BCUT2D eigenvalue weighted by atomic mass is 19.1. The number of halogens is 1. The average molecular weight is 458 g/mol. The van der Waals surface area contributed by atoms with E-state index < -0.39 is 11.7 Å². The molecule has 0 saturated heterocycles. The Morgan fingerprint density at radius 2 is 1.74 bits per heavy atom. The number of hydrogen-bond donors (Lipinski definition) is 2. The predicted molar refractivity (Wildman–Crippen MR) is 134 cm³/mol. The summed E-state index contributed by atoms with van der Waals surface area (Å²) in [6.45, 7) is 7.28. The van der Waals surface area contributed by atoms with Crippen molar-refractivity contribution in [3.05, 3.63) is 101 Å². The number of fused-ring (bicyclic) bond motifs is 1. The maximum absolute atomic E-state index is 13.5. The summed E-state index contributed by atoms with van der Waals surface area (Å²) in [5.41, 5.74) is 4.52. The number of nitrogens with zero attached hydrogens (tertiary/aromatic N) is 1. The Bertz CT molecular complexity index is 1360. The fraction of sp³-hybridized carbons (Fsp3) is 0.214. The van der Waals surface area contributed by atoms with Crippen molar-refractivity contribution in [3.8, 4) is 0 Å². The smallest absolute Gasteiger partial charge is 0.267 e. The molecule has 3 aromatic carbocycles. The quantitative estimate of drug-likeness (QED) is 0.370. The standard InChI is InChI=1S/C28H28FN3O2/c1-18(2)16-30-28(34)26-15-22-14-24(31-27(33)21-8-5-9-23(29)13-21)10-11-25(22)32(26)17-20-7-4-6-19(3)12-20/h4-15,18H,16-17H2,1-3H3,(H,30,34)(H,31,33). The first-order valence-electron chi connectivity index (χ1n) is 11.3. The van der Waals surface area contributed by atoms with Crippen LogP contribution in [0, 0.1) is 18.7 Å². The molecule has 2 amide bonds. The van der Waals surface area contributed by atoms with Gasteiger partial charge in [0.2, 0.25) is 0 Å². The molecule has 6 heteroatoms. The summed E-state index contributed by atoms with van der Waals surface area (Å²) in [5.74, 6) is -0.660. The second-order valence-electron chi connectivity index (χ2n) is 8.95. The fourth-order valence-corrected chi connectivity index (χ4v) is 3.92. The number of aryl methyl sites for hydroxylation is 1. The highest BCUT2D eigenvalue weighted by Crippen LogP contribution is 2.26. The van der Waals surface area contributed by atoms with E-state index in [1.54, 1.807) is 12.1 Å². The molecule has 0 saturated carbocycles. The van der Waals surface area contributed by atoms with Crippen molar-refractivity contribution in [1.29, 1.82) is 0 Å². The van der Waals surface area contributed by atoms with Crippen LogP contribution in [-0.2, 0) is 6.54 Å². The van der Waals surface area contributed by atoms with Gasteiger partial charge in [-0.2, -0.15) is 0 Å². The number of aromatic nitrogens is 1. The highest BCUT2D eigenvalue weighted by Gasteiger charge is 2.17. The largest absolute Gasteiger partial charge is 0.351 e. The molecule has 0 aliphatic heterocycles. The molecule has 4 aromatic rings. The molecule has 0 aliphatic rings. The monoisotopic (exact) mass is 457 g/mol. The molecule has 34 heavy (non-hydrogen) atoms. The lowest BCUT2D eigenvalue weighted by Crippen LogP contribution is -2.29. The molecule has 0 atom stereocenters. The number of rotatable bonds is 7. The molecular weight excluding hydrogens is 429 g/mol. The van der Waals surface area contributed by atoms with Gasteiger partial charge < -0.3 is 15.2 Å². The third kappa shape index (κ3) is 5.34. The van der Waals surface area contributed by atoms with Gasteiger partial charge in [0.1, 0.15) is 11.5 Å². The van der Waals surface area contributed by atoms with E-state index in [2.05, 4.69) is 30.5 Å². The second-order valence-corrected chi connectivity index (χ2v) is 8.95. The highest BCUT2D eigenvalue weighted by molar-refractivity contribution is 6.06. The van der Waals surface area contributed by atoms with Crippen molar-refractivity contribution in [3.63, 3.8) is 0 Å². The van der Waals surface area contributed by atoms with Gasteiger partial charge in [-0.1, -0.05) is 49.7 Å². The van der Waals surface area contributed by atoms with Gasteiger partial charge in [0.25, 0.3) is 11.8 Å². The first-order valence-corrected chi connectivity index (χ1v) is 11.3. The van der Waals surface area contributed by atoms with Gasteiger partial charge in [-0.15, -0.1) is 0 Å². The topological polar surface area (TPSA) is 63.1 Å². The van der Waals surface area contributed by atoms with E-state index in [1.807, 2.05) is 47.9 Å². The van der Waals surface area contributed by atoms with Gasteiger partial charge in [-0.3, -0.25) is 9.59 Å². The molecule has 0 radical (unpaired) electrons. The second kappa shape index (κ2) is 9.91. The van der Waals surface area contributed by atoms with Crippen molar-refractivity contribution in [2.24, 2.45) is 5.92 Å². The molecule has 0 aliphatic carbocycles. The zero-order valence-corrected chi connectivity index (χ0v) is 19.6. The minimum atomic E-state index is -0.464. The maximum Gasteiger partial charge on any atom is 0.267 e. The summed E-state index contributed by atoms with van der Waals surface area (Å²) < 4.78 is 15.5. The van der Waals surface area contributed by atoms with Gasteiger partial charge >= 0.3 is 0 Å². The summed E-state index contributed by atoms with van der Waals surface area (Å²) in [6.07, 6.45) is 0. The summed E-state index contributed by atoms with van der Waals surface area (Å²) in [4.78, 5) is 25.6. The lowest BCUT2D eigenvalue weighted by molar-refractivity contribution is 0.0940. The maximum atomic E-state index is 13.5. The summed E-state index contributed by atoms with van der Waals surface area (Å²) >= 11 is 0. The van der Waals surface area contributed by atoms with Crippen LogP contribution in [0.2, 0.25) is 0 Å². The van der Waals surface area contributed by atoms with Crippen LogP contribution in [0.25, 0.3) is 10.9 Å². The summed E-state index contributed by atoms with van der Waals surface area (Å²) in [5, 5.41) is 6.66. The molecule has 0 unspecified atom stereocenters. The SMILES string of the molecule is Cc1cccc(Cn2c(C(=O)NCC(C)C)cc3cc(NC(=O)c4cccc(F)c4)ccc32)c1. The van der Waals surface area contributed by atoms with Crippen molar-refractivity contribution in [2.45, 2.75) is 27.3 Å². The van der Waals surface area contributed by atoms with E-state index >= 15 is 0 Å². The van der Waals surface area contributed by atoms with E-state index in [1.165, 1.54) is 18.2 Å². The molecule has 0 bridgehead atoms. The number of benzene rings is 3. The number of hydrogen-bond acceptors (Lipinski definition) is 2. The van der Waals surface area contributed by atoms with Crippen LogP contribution in [0.5, 0.6) is 0 Å². The number of nitrogens with one attached hydrogen (secondary N) is 2. The number of carbonyl (C=O) groups is 2. The van der Waals surface area contributed by atoms with Crippen molar-refractivity contribution in [1.82, 2.24) is 9.88 Å². The van der Waals surface area contributed by atoms with E-state index in [0.29, 0.717) is 30.4 Å². The van der Waals surface area contributed by atoms with E-state index in [9.17, 15) is 14.0 Å². The number of carbonyl (C=O) groups excluding carboxylic acids is 2. The Morgan fingerprint density at radius 1 is 0.941 bits per heavy atom. The molecule has 1 heterocycles. The van der Waals surface area contributed by atoms with Gasteiger partial charge in [-0.25, -0.2) is 4.39 Å². The Kier molecular flexibility index (Phi) is 6.77. The molecule has 4 rings (SSSR count). The van der Waals surface area contributed by atoms with Gasteiger partial charge in [-0.05, 0) is 60.9 Å². The zero-order valence-electron chi connectivity index (χ0n) is 19.6. The Morgan fingerprint density at radius 3 is 2.47 bits per heavy atom. The van der Waals surface area contributed by atoms with E-state index in [-0.39, 0.29) is 11.5 Å². The lowest BCUT2D eigenvalue weighted by atomic mass is 10.1. The molecule has 1 aromatic heterocycles. The van der Waals surface area contributed by atoms with Crippen LogP contribution in [-0.4, -0.2) is 22.9 Å². The van der Waals surface area contributed by atoms with Crippen LogP contribution < -0.4 is 10.6 Å². The first kappa shape index (κ1) is 23.2. The normalized spacial score (nSPS) is 11.1. The van der Waals surface area contributed by atoms with Gasteiger partial charge in [0.15, 0.2) is 0 Å². The van der Waals surface area contributed by atoms with Gasteiger partial charge in [0.05, 0.1) is 0 Å². The Balaban J connectivity index is 1.68. The van der Waals surface area contributed by atoms with Crippen molar-refractivity contribution in [2.75, 3.05) is 11.9 Å². The van der Waals surface area contributed by atoms with Crippen LogP contribution in [0.4, 0.5) is 10.1 Å². The lowest BCUT2D eigenvalue weighted by Gasteiger charge is -2.13. The minimum absolute atomic E-state index is 0.136. The molecule has 5 nitrogen and oxygen atoms in total.